The first-order chi connectivity index (χ1) is 10.2. The predicted molar refractivity (Wildman–Crippen MR) is 90.4 cm³/mol. The van der Waals surface area contributed by atoms with Crippen LogP contribution in [0.25, 0.3) is 0 Å². The molecule has 0 unspecified atom stereocenters. The molecule has 112 valence electrons. The lowest BCUT2D eigenvalue weighted by Gasteiger charge is -2.15. The Morgan fingerprint density at radius 2 is 2.00 bits per heavy atom. The fourth-order valence-corrected chi connectivity index (χ4v) is 2.79. The third-order valence-corrected chi connectivity index (χ3v) is 3.81. The van der Waals surface area contributed by atoms with Crippen molar-refractivity contribution in [3.05, 3.63) is 52.0 Å². The van der Waals surface area contributed by atoms with Crippen molar-refractivity contribution >= 4 is 21.6 Å². The van der Waals surface area contributed by atoms with Crippen LogP contribution < -0.4 is 14.8 Å². The molecule has 0 bridgehead atoms. The SMILES string of the molecule is CCOc1cccc(CNc2ccc(C)cc2Br)c1OC. The van der Waals surface area contributed by atoms with Gasteiger partial charge in [-0.2, -0.15) is 0 Å². The molecule has 0 radical (unpaired) electrons. The largest absolute Gasteiger partial charge is 0.493 e. The number of aryl methyl sites for hydroxylation is 1. The van der Waals surface area contributed by atoms with Crippen molar-refractivity contribution in [3.8, 4) is 11.5 Å². The molecule has 0 spiro atoms. The molecule has 0 saturated heterocycles. The van der Waals surface area contributed by atoms with Crippen LogP contribution in [0, 0.1) is 6.92 Å². The Labute approximate surface area is 134 Å². The summed E-state index contributed by atoms with van der Waals surface area (Å²) < 4.78 is 12.1. The molecule has 4 heteroatoms. The summed E-state index contributed by atoms with van der Waals surface area (Å²) in [5.41, 5.74) is 3.35. The summed E-state index contributed by atoms with van der Waals surface area (Å²) in [7, 11) is 1.67. The molecule has 1 N–H and O–H groups in total. The van der Waals surface area contributed by atoms with Crippen LogP contribution in [0.3, 0.4) is 0 Å². The van der Waals surface area contributed by atoms with Crippen LogP contribution in [0.15, 0.2) is 40.9 Å². The molecular formula is C17H20BrNO2. The van der Waals surface area contributed by atoms with Crippen LogP contribution in [-0.4, -0.2) is 13.7 Å². The van der Waals surface area contributed by atoms with Crippen LogP contribution >= 0.6 is 15.9 Å². The molecule has 0 amide bonds. The van der Waals surface area contributed by atoms with Gasteiger partial charge in [-0.3, -0.25) is 0 Å². The number of nitrogens with one attached hydrogen (secondary N) is 1. The molecule has 2 aromatic rings. The standard InChI is InChI=1S/C17H20BrNO2/c1-4-21-16-7-5-6-13(17(16)20-3)11-19-15-9-8-12(2)10-14(15)18/h5-10,19H,4,11H2,1-3H3. The van der Waals surface area contributed by atoms with Crippen LogP contribution in [0.4, 0.5) is 5.69 Å². The molecule has 0 aromatic heterocycles. The van der Waals surface area contributed by atoms with E-state index < -0.39 is 0 Å². The lowest BCUT2D eigenvalue weighted by molar-refractivity contribution is 0.309. The number of para-hydroxylation sites is 1. The van der Waals surface area contributed by atoms with E-state index in [4.69, 9.17) is 9.47 Å². The summed E-state index contributed by atoms with van der Waals surface area (Å²) in [5.74, 6) is 1.57. The smallest absolute Gasteiger partial charge is 0.165 e. The summed E-state index contributed by atoms with van der Waals surface area (Å²) in [6, 6.07) is 12.2. The highest BCUT2D eigenvalue weighted by Gasteiger charge is 2.10. The third kappa shape index (κ3) is 3.91. The molecule has 0 heterocycles. The van der Waals surface area contributed by atoms with Gasteiger partial charge >= 0.3 is 0 Å². The zero-order valence-electron chi connectivity index (χ0n) is 12.6. The first kappa shape index (κ1) is 15.7. The van der Waals surface area contributed by atoms with Crippen molar-refractivity contribution in [2.75, 3.05) is 19.0 Å². The predicted octanol–water partition coefficient (Wildman–Crippen LogP) is 4.78. The second-order valence-electron chi connectivity index (χ2n) is 4.72. The van der Waals surface area contributed by atoms with Crippen molar-refractivity contribution in [1.29, 1.82) is 0 Å². The van der Waals surface area contributed by atoms with E-state index in [-0.39, 0.29) is 0 Å². The lowest BCUT2D eigenvalue weighted by atomic mass is 10.1. The van der Waals surface area contributed by atoms with Gasteiger partial charge < -0.3 is 14.8 Å². The molecule has 0 fully saturated rings. The second kappa shape index (κ2) is 7.36. The van der Waals surface area contributed by atoms with Crippen LogP contribution in [0.2, 0.25) is 0 Å². The first-order valence-electron chi connectivity index (χ1n) is 6.94. The first-order valence-corrected chi connectivity index (χ1v) is 7.73. The van der Waals surface area contributed by atoms with Crippen molar-refractivity contribution in [2.24, 2.45) is 0 Å². The highest BCUT2D eigenvalue weighted by molar-refractivity contribution is 9.10. The van der Waals surface area contributed by atoms with E-state index >= 15 is 0 Å². The Bertz CT molecular complexity index is 614. The van der Waals surface area contributed by atoms with E-state index in [1.165, 1.54) is 5.56 Å². The minimum atomic E-state index is 0.622. The van der Waals surface area contributed by atoms with Crippen molar-refractivity contribution in [2.45, 2.75) is 20.4 Å². The number of rotatable bonds is 6. The number of anilines is 1. The molecule has 0 saturated carbocycles. The number of methoxy groups -OCH3 is 1. The van der Waals surface area contributed by atoms with Crippen molar-refractivity contribution < 1.29 is 9.47 Å². The van der Waals surface area contributed by atoms with Crippen LogP contribution in [0.1, 0.15) is 18.1 Å². The summed E-state index contributed by atoms with van der Waals surface area (Å²) >= 11 is 3.58. The van der Waals surface area contributed by atoms with Gasteiger partial charge in [-0.25, -0.2) is 0 Å². The molecule has 2 rings (SSSR count). The summed E-state index contributed by atoms with van der Waals surface area (Å²) in [5, 5.41) is 3.42. The van der Waals surface area contributed by atoms with Gasteiger partial charge in [0.2, 0.25) is 0 Å². The van der Waals surface area contributed by atoms with E-state index in [9.17, 15) is 0 Å². The molecule has 0 aliphatic heterocycles. The Morgan fingerprint density at radius 3 is 2.67 bits per heavy atom. The maximum Gasteiger partial charge on any atom is 0.165 e. The fourth-order valence-electron chi connectivity index (χ4n) is 2.16. The molecule has 0 aliphatic carbocycles. The highest BCUT2D eigenvalue weighted by Crippen LogP contribution is 2.32. The van der Waals surface area contributed by atoms with Gasteiger partial charge in [-0.15, -0.1) is 0 Å². The Hall–Kier alpha value is -1.68. The Balaban J connectivity index is 2.17. The molecule has 0 aliphatic rings. The number of benzene rings is 2. The van der Waals surface area contributed by atoms with Crippen molar-refractivity contribution in [3.63, 3.8) is 0 Å². The van der Waals surface area contributed by atoms with Gasteiger partial charge in [-0.1, -0.05) is 18.2 Å². The summed E-state index contributed by atoms with van der Waals surface area (Å²) in [6.07, 6.45) is 0. The van der Waals surface area contributed by atoms with E-state index in [2.05, 4.69) is 46.4 Å². The van der Waals surface area contributed by atoms with Crippen molar-refractivity contribution in [1.82, 2.24) is 0 Å². The monoisotopic (exact) mass is 349 g/mol. The van der Waals surface area contributed by atoms with E-state index in [0.29, 0.717) is 13.2 Å². The number of hydrogen-bond acceptors (Lipinski definition) is 3. The second-order valence-corrected chi connectivity index (χ2v) is 5.57. The highest BCUT2D eigenvalue weighted by atomic mass is 79.9. The van der Waals surface area contributed by atoms with Gasteiger partial charge in [0.05, 0.1) is 13.7 Å². The average molecular weight is 350 g/mol. The number of ether oxygens (including phenoxy) is 2. The normalized spacial score (nSPS) is 10.3. The van der Waals surface area contributed by atoms with Crippen LogP contribution in [0.5, 0.6) is 11.5 Å². The molecule has 21 heavy (non-hydrogen) atoms. The van der Waals surface area contributed by atoms with E-state index in [1.807, 2.05) is 25.1 Å². The van der Waals surface area contributed by atoms with E-state index in [0.717, 1.165) is 27.2 Å². The van der Waals surface area contributed by atoms with E-state index in [1.54, 1.807) is 7.11 Å². The van der Waals surface area contributed by atoms with Gasteiger partial charge in [-0.05, 0) is 53.5 Å². The molecular weight excluding hydrogens is 330 g/mol. The summed E-state index contributed by atoms with van der Waals surface area (Å²) in [4.78, 5) is 0. The fraction of sp³-hybridized carbons (Fsp3) is 0.294. The molecule has 3 nitrogen and oxygen atoms in total. The maximum absolute atomic E-state index is 5.60. The Morgan fingerprint density at radius 1 is 1.19 bits per heavy atom. The average Bonchev–Trinajstić information content (AvgIpc) is 2.47. The quantitative estimate of drug-likeness (QED) is 0.814. The minimum Gasteiger partial charge on any atom is -0.493 e. The molecule has 0 atom stereocenters. The molecule has 2 aromatic carbocycles. The van der Waals surface area contributed by atoms with Gasteiger partial charge in [0.1, 0.15) is 0 Å². The lowest BCUT2D eigenvalue weighted by Crippen LogP contribution is -2.04. The topological polar surface area (TPSA) is 30.5 Å². The van der Waals surface area contributed by atoms with Crippen LogP contribution in [-0.2, 0) is 6.54 Å². The summed E-state index contributed by atoms with van der Waals surface area (Å²) in [6.45, 7) is 5.33. The zero-order valence-corrected chi connectivity index (χ0v) is 14.2. The van der Waals surface area contributed by atoms with Gasteiger partial charge in [0, 0.05) is 22.3 Å². The third-order valence-electron chi connectivity index (χ3n) is 3.16. The zero-order chi connectivity index (χ0) is 15.2. The van der Waals surface area contributed by atoms with Gasteiger partial charge in [0.25, 0.3) is 0 Å². The minimum absolute atomic E-state index is 0.622. The Kier molecular flexibility index (Phi) is 5.51. The number of halogens is 1. The van der Waals surface area contributed by atoms with Gasteiger partial charge in [0.15, 0.2) is 11.5 Å². The maximum atomic E-state index is 5.60. The number of hydrogen-bond donors (Lipinski definition) is 1.